The summed E-state index contributed by atoms with van der Waals surface area (Å²) in [6.45, 7) is 10.8. The molecule has 0 heterocycles. The Bertz CT molecular complexity index is 896. The van der Waals surface area contributed by atoms with Crippen LogP contribution in [0.25, 0.3) is 0 Å². The Hall–Kier alpha value is -2.98. The van der Waals surface area contributed by atoms with E-state index in [0.717, 1.165) is 0 Å². The van der Waals surface area contributed by atoms with Crippen molar-refractivity contribution in [1.29, 1.82) is 0 Å². The Morgan fingerprint density at radius 2 is 0.771 bits per heavy atom. The van der Waals surface area contributed by atoms with Crippen LogP contribution < -0.4 is 21.2 Å². The molecule has 3 rings (SSSR count). The van der Waals surface area contributed by atoms with Gasteiger partial charge in [0.1, 0.15) is 0 Å². The summed E-state index contributed by atoms with van der Waals surface area (Å²) < 4.78 is 4.55. The number of amides is 2. The monoisotopic (exact) mass is 586 g/mol. The van der Waals surface area contributed by atoms with E-state index in [-0.39, 0.29) is 11.1 Å². The second-order valence-electron chi connectivity index (χ2n) is 9.70. The van der Waals surface area contributed by atoms with Gasteiger partial charge in [0.2, 0.25) is 0 Å². The molecule has 0 spiro atoms. The molecule has 0 fully saturated rings. The Morgan fingerprint density at radius 3 is 0.914 bits per heavy atom. The SMILES string of the molecule is CC(C)(C)NC(=O)O.CC(C)(C)NC(=O)O.c1cc[c]([Sb]([c]2ccccc2)[c]2ccccc2)cc1. The molecule has 0 aromatic heterocycles. The molecule has 2 amide bonds. The Kier molecular flexibility index (Phi) is 12.4. The van der Waals surface area contributed by atoms with E-state index < -0.39 is 32.4 Å². The molecular weight excluding hydrogens is 550 g/mol. The summed E-state index contributed by atoms with van der Waals surface area (Å²) in [7, 11) is 0. The van der Waals surface area contributed by atoms with E-state index >= 15 is 0 Å². The molecule has 0 aliphatic rings. The molecule has 35 heavy (non-hydrogen) atoms. The van der Waals surface area contributed by atoms with Crippen molar-refractivity contribution in [3.63, 3.8) is 0 Å². The quantitative estimate of drug-likeness (QED) is 0.344. The van der Waals surface area contributed by atoms with Crippen molar-refractivity contribution in [3.8, 4) is 0 Å². The van der Waals surface area contributed by atoms with Crippen molar-refractivity contribution >= 4 is 42.9 Å². The molecule has 0 saturated heterocycles. The topological polar surface area (TPSA) is 98.7 Å². The van der Waals surface area contributed by atoms with Crippen molar-refractivity contribution in [2.75, 3.05) is 0 Å². The number of hydrogen-bond donors (Lipinski definition) is 4. The Labute approximate surface area is 216 Å². The first-order valence-electron chi connectivity index (χ1n) is 11.3. The number of nitrogens with one attached hydrogen (secondary N) is 2. The summed E-state index contributed by atoms with van der Waals surface area (Å²) in [6, 6.07) is 32.9. The second kappa shape index (κ2) is 14.4. The number of hydrogen-bond acceptors (Lipinski definition) is 2. The van der Waals surface area contributed by atoms with Crippen molar-refractivity contribution in [2.45, 2.75) is 52.6 Å². The maximum atomic E-state index is 9.90. The van der Waals surface area contributed by atoms with Crippen LogP contribution in [0.15, 0.2) is 91.0 Å². The van der Waals surface area contributed by atoms with Crippen molar-refractivity contribution in [3.05, 3.63) is 91.0 Å². The molecule has 3 aromatic carbocycles. The standard InChI is InChI=1S/3C6H5.2C5H11NO2.Sb/c3*1-2-4-6-5-3-1;2*1-5(2,3)6-4(7)8;/h3*1-5H;2*6H,1-3H3,(H,7,8);. The van der Waals surface area contributed by atoms with E-state index in [1.54, 1.807) is 41.5 Å². The molecular formula is C28H37N2O4Sb. The van der Waals surface area contributed by atoms with Gasteiger partial charge < -0.3 is 20.8 Å². The van der Waals surface area contributed by atoms with Crippen LogP contribution in [0.3, 0.4) is 0 Å². The molecule has 6 nitrogen and oxygen atoms in total. The van der Waals surface area contributed by atoms with Crippen LogP contribution in [0, 0.1) is 0 Å². The maximum absolute atomic E-state index is 9.90. The van der Waals surface area contributed by atoms with Crippen LogP contribution in [-0.2, 0) is 0 Å². The van der Waals surface area contributed by atoms with Crippen LogP contribution in [0.4, 0.5) is 9.59 Å². The minimum absolute atomic E-state index is 0.328. The molecule has 0 saturated carbocycles. The van der Waals surface area contributed by atoms with Gasteiger partial charge in [-0.3, -0.25) is 0 Å². The van der Waals surface area contributed by atoms with Crippen LogP contribution in [0.2, 0.25) is 0 Å². The van der Waals surface area contributed by atoms with Crippen molar-refractivity contribution < 1.29 is 19.8 Å². The van der Waals surface area contributed by atoms with Crippen LogP contribution in [0.5, 0.6) is 0 Å². The third kappa shape index (κ3) is 14.1. The second-order valence-corrected chi connectivity index (χ2v) is 16.0. The van der Waals surface area contributed by atoms with E-state index in [9.17, 15) is 9.59 Å². The molecule has 0 aliphatic heterocycles. The van der Waals surface area contributed by atoms with Crippen LogP contribution in [-0.4, -0.2) is 53.7 Å². The zero-order chi connectivity index (χ0) is 26.5. The summed E-state index contributed by atoms with van der Waals surface area (Å²) in [5, 5.41) is 20.9. The van der Waals surface area contributed by atoms with E-state index in [2.05, 4.69) is 102 Å². The van der Waals surface area contributed by atoms with Gasteiger partial charge in [-0.1, -0.05) is 0 Å². The van der Waals surface area contributed by atoms with Crippen LogP contribution in [0.1, 0.15) is 41.5 Å². The molecule has 0 unspecified atom stereocenters. The molecule has 4 N–H and O–H groups in total. The molecule has 3 aromatic rings. The van der Waals surface area contributed by atoms with Gasteiger partial charge in [0, 0.05) is 11.1 Å². The first kappa shape index (κ1) is 30.0. The van der Waals surface area contributed by atoms with Gasteiger partial charge in [-0.2, -0.15) is 0 Å². The zero-order valence-corrected chi connectivity index (χ0v) is 23.9. The number of carboxylic acid groups (broad SMARTS) is 2. The normalized spacial score (nSPS) is 10.7. The van der Waals surface area contributed by atoms with E-state index in [4.69, 9.17) is 10.2 Å². The number of benzene rings is 3. The Balaban J connectivity index is 0.000000320. The zero-order valence-electron chi connectivity index (χ0n) is 21.3. The summed E-state index contributed by atoms with van der Waals surface area (Å²) in [5.41, 5.74) is -0.655. The average Bonchev–Trinajstić information content (AvgIpc) is 2.74. The van der Waals surface area contributed by atoms with Crippen LogP contribution >= 0.6 is 0 Å². The summed E-state index contributed by atoms with van der Waals surface area (Å²) in [4.78, 5) is 19.8. The third-order valence-corrected chi connectivity index (χ3v) is 11.0. The minimum atomic E-state index is -1.83. The first-order chi connectivity index (χ1) is 16.3. The van der Waals surface area contributed by atoms with Gasteiger partial charge in [-0.15, -0.1) is 0 Å². The summed E-state index contributed by atoms with van der Waals surface area (Å²) in [6.07, 6.45) is -1.95. The molecule has 0 atom stereocenters. The van der Waals surface area contributed by atoms with E-state index in [0.29, 0.717) is 0 Å². The first-order valence-corrected chi connectivity index (χ1v) is 15.1. The predicted molar refractivity (Wildman–Crippen MR) is 146 cm³/mol. The molecule has 7 heteroatoms. The third-order valence-electron chi connectivity index (χ3n) is 4.01. The van der Waals surface area contributed by atoms with Gasteiger partial charge in [-0.25, -0.2) is 9.59 Å². The van der Waals surface area contributed by atoms with Gasteiger partial charge in [0.15, 0.2) is 0 Å². The fourth-order valence-corrected chi connectivity index (χ4v) is 9.40. The van der Waals surface area contributed by atoms with Gasteiger partial charge in [0.25, 0.3) is 0 Å². The average molecular weight is 587 g/mol. The van der Waals surface area contributed by atoms with Gasteiger partial charge >= 0.3 is 134 Å². The number of carbonyl (C=O) groups is 2. The summed E-state index contributed by atoms with van der Waals surface area (Å²) in [5.74, 6) is 0. The fourth-order valence-electron chi connectivity index (χ4n) is 2.82. The van der Waals surface area contributed by atoms with E-state index in [1.165, 1.54) is 10.5 Å². The van der Waals surface area contributed by atoms with Gasteiger partial charge in [-0.05, 0) is 41.5 Å². The fraction of sp³-hybridized carbons (Fsp3) is 0.286. The van der Waals surface area contributed by atoms with Crippen molar-refractivity contribution in [1.82, 2.24) is 10.6 Å². The number of rotatable bonds is 3. The molecule has 0 bridgehead atoms. The van der Waals surface area contributed by atoms with Gasteiger partial charge in [0.05, 0.1) is 0 Å². The molecule has 0 radical (unpaired) electrons. The molecule has 188 valence electrons. The van der Waals surface area contributed by atoms with Crippen molar-refractivity contribution in [2.24, 2.45) is 0 Å². The summed E-state index contributed by atoms with van der Waals surface area (Å²) >= 11 is -1.83. The Morgan fingerprint density at radius 1 is 0.543 bits per heavy atom. The van der Waals surface area contributed by atoms with E-state index in [1.807, 2.05) is 0 Å². The predicted octanol–water partition coefficient (Wildman–Crippen LogP) is 4.31. The molecule has 0 aliphatic carbocycles.